The van der Waals surface area contributed by atoms with E-state index in [0.717, 1.165) is 12.1 Å². The number of hydrogen-bond donors (Lipinski definition) is 1. The molecule has 0 radical (unpaired) electrons. The molecule has 1 heterocycles. The van der Waals surface area contributed by atoms with Crippen molar-refractivity contribution in [1.29, 1.82) is 0 Å². The van der Waals surface area contributed by atoms with E-state index in [9.17, 15) is 26.4 Å². The van der Waals surface area contributed by atoms with Gasteiger partial charge in [0, 0.05) is 17.3 Å². The van der Waals surface area contributed by atoms with E-state index in [-0.39, 0.29) is 22.2 Å². The molecule has 1 aliphatic heterocycles. The summed E-state index contributed by atoms with van der Waals surface area (Å²) < 4.78 is 65.7. The lowest BCUT2D eigenvalue weighted by Crippen LogP contribution is -2.35. The largest absolute Gasteiger partial charge is 0.416 e. The third-order valence-corrected chi connectivity index (χ3v) is 7.21. The van der Waals surface area contributed by atoms with Gasteiger partial charge in [-0.2, -0.15) is 13.2 Å². The van der Waals surface area contributed by atoms with E-state index in [1.807, 2.05) is 0 Å². The van der Waals surface area contributed by atoms with Gasteiger partial charge in [-0.3, -0.25) is 9.10 Å². The van der Waals surface area contributed by atoms with Crippen LogP contribution in [0.25, 0.3) is 0 Å². The highest BCUT2D eigenvalue weighted by atomic mass is 32.2. The first-order valence-corrected chi connectivity index (χ1v) is 11.2. The molecule has 1 N–H and O–H groups in total. The van der Waals surface area contributed by atoms with Crippen molar-refractivity contribution in [2.75, 3.05) is 9.62 Å². The molecule has 0 unspecified atom stereocenters. The van der Waals surface area contributed by atoms with E-state index in [1.165, 1.54) is 34.6 Å². The summed E-state index contributed by atoms with van der Waals surface area (Å²) in [6.45, 7) is 1.79. The standard InChI is InChI=1S/C23H19F3N2O3S/c1-15-13-17-14-16(22(29)27-19-10-8-18(9-11-19)23(24,25)26)7-12-21(17)28(15)32(30,31)20-5-3-2-4-6-20/h2-12,14-15H,13H2,1H3,(H,27,29)/t15-/m0/s1. The third kappa shape index (κ3) is 4.08. The predicted octanol–water partition coefficient (Wildman–Crippen LogP) is 5.10. The fourth-order valence-electron chi connectivity index (χ4n) is 3.76. The molecule has 0 saturated carbocycles. The Kier molecular flexibility index (Phi) is 5.46. The smallest absolute Gasteiger partial charge is 0.322 e. The van der Waals surface area contributed by atoms with Crippen molar-refractivity contribution in [3.63, 3.8) is 0 Å². The van der Waals surface area contributed by atoms with E-state index in [4.69, 9.17) is 0 Å². The molecule has 32 heavy (non-hydrogen) atoms. The van der Waals surface area contributed by atoms with Crippen molar-refractivity contribution in [2.24, 2.45) is 0 Å². The number of halogens is 3. The molecule has 0 aromatic heterocycles. The summed E-state index contributed by atoms with van der Waals surface area (Å²) in [7, 11) is -3.76. The average Bonchev–Trinajstić information content (AvgIpc) is 3.09. The molecule has 3 aromatic carbocycles. The van der Waals surface area contributed by atoms with Crippen LogP contribution in [-0.2, 0) is 22.6 Å². The fourth-order valence-corrected chi connectivity index (χ4v) is 5.48. The summed E-state index contributed by atoms with van der Waals surface area (Å²) in [5.41, 5.74) is 0.922. The first kappa shape index (κ1) is 21.9. The molecule has 1 amide bonds. The SMILES string of the molecule is C[C@H]1Cc2cc(C(=O)Nc3ccc(C(F)(F)F)cc3)ccc2N1S(=O)(=O)c1ccccc1. The molecule has 166 valence electrons. The molecular weight excluding hydrogens is 441 g/mol. The molecule has 0 fully saturated rings. The van der Waals surface area contributed by atoms with Crippen LogP contribution < -0.4 is 9.62 Å². The van der Waals surface area contributed by atoms with Crippen LogP contribution in [0.5, 0.6) is 0 Å². The Balaban J connectivity index is 1.57. The minimum Gasteiger partial charge on any atom is -0.322 e. The lowest BCUT2D eigenvalue weighted by molar-refractivity contribution is -0.137. The lowest BCUT2D eigenvalue weighted by atomic mass is 10.1. The Labute approximate surface area is 183 Å². The quantitative estimate of drug-likeness (QED) is 0.589. The summed E-state index contributed by atoms with van der Waals surface area (Å²) in [6, 6.07) is 16.7. The van der Waals surface area contributed by atoms with Gasteiger partial charge in [-0.1, -0.05) is 18.2 Å². The second-order valence-corrected chi connectivity index (χ2v) is 9.35. The Morgan fingerprint density at radius 3 is 2.28 bits per heavy atom. The minimum absolute atomic E-state index is 0.184. The monoisotopic (exact) mass is 460 g/mol. The van der Waals surface area contributed by atoms with Crippen molar-refractivity contribution in [3.05, 3.63) is 89.5 Å². The maximum Gasteiger partial charge on any atom is 0.416 e. The molecule has 1 aliphatic rings. The number of amides is 1. The highest BCUT2D eigenvalue weighted by molar-refractivity contribution is 7.92. The number of fused-ring (bicyclic) bond motifs is 1. The average molecular weight is 460 g/mol. The van der Waals surface area contributed by atoms with Crippen molar-refractivity contribution in [3.8, 4) is 0 Å². The second-order valence-electron chi connectivity index (χ2n) is 7.54. The second kappa shape index (κ2) is 7.98. The van der Waals surface area contributed by atoms with Crippen LogP contribution in [0.15, 0.2) is 77.7 Å². The zero-order valence-electron chi connectivity index (χ0n) is 16.9. The van der Waals surface area contributed by atoms with Crippen LogP contribution in [0, 0.1) is 0 Å². The van der Waals surface area contributed by atoms with E-state index in [1.54, 1.807) is 37.3 Å². The van der Waals surface area contributed by atoms with Crippen molar-refractivity contribution < 1.29 is 26.4 Å². The predicted molar refractivity (Wildman–Crippen MR) is 115 cm³/mol. The topological polar surface area (TPSA) is 66.5 Å². The first-order valence-electron chi connectivity index (χ1n) is 9.78. The molecule has 0 saturated heterocycles. The van der Waals surface area contributed by atoms with Gasteiger partial charge in [0.25, 0.3) is 15.9 Å². The normalized spacial score (nSPS) is 16.0. The molecule has 5 nitrogen and oxygen atoms in total. The van der Waals surface area contributed by atoms with Crippen molar-refractivity contribution >= 4 is 27.3 Å². The highest BCUT2D eigenvalue weighted by Gasteiger charge is 2.36. The van der Waals surface area contributed by atoms with Crippen LogP contribution in [0.3, 0.4) is 0 Å². The number of nitrogens with zero attached hydrogens (tertiary/aromatic N) is 1. The van der Waals surface area contributed by atoms with Gasteiger partial charge >= 0.3 is 6.18 Å². The summed E-state index contributed by atoms with van der Waals surface area (Å²) in [5.74, 6) is -0.496. The maximum atomic E-state index is 13.1. The number of rotatable bonds is 4. The van der Waals surface area contributed by atoms with Gasteiger partial charge in [0.2, 0.25) is 0 Å². The summed E-state index contributed by atoms with van der Waals surface area (Å²) in [5, 5.41) is 2.57. The lowest BCUT2D eigenvalue weighted by Gasteiger charge is -2.24. The van der Waals surface area contributed by atoms with Gasteiger partial charge in [0.15, 0.2) is 0 Å². The first-order chi connectivity index (χ1) is 15.1. The van der Waals surface area contributed by atoms with Crippen LogP contribution in [0.1, 0.15) is 28.4 Å². The minimum atomic E-state index is -4.45. The van der Waals surface area contributed by atoms with Gasteiger partial charge in [0.05, 0.1) is 16.1 Å². The van der Waals surface area contributed by atoms with Crippen molar-refractivity contribution in [2.45, 2.75) is 30.5 Å². The third-order valence-electron chi connectivity index (χ3n) is 5.26. The Hall–Kier alpha value is -3.33. The zero-order chi connectivity index (χ0) is 23.1. The number of alkyl halides is 3. The van der Waals surface area contributed by atoms with Gasteiger partial charge in [0.1, 0.15) is 0 Å². The van der Waals surface area contributed by atoms with Gasteiger partial charge in [-0.25, -0.2) is 8.42 Å². The van der Waals surface area contributed by atoms with Gasteiger partial charge < -0.3 is 5.32 Å². The van der Waals surface area contributed by atoms with E-state index in [2.05, 4.69) is 5.32 Å². The van der Waals surface area contributed by atoms with Gasteiger partial charge in [-0.15, -0.1) is 0 Å². The van der Waals surface area contributed by atoms with Crippen LogP contribution >= 0.6 is 0 Å². The van der Waals surface area contributed by atoms with Crippen LogP contribution in [-0.4, -0.2) is 20.4 Å². The molecule has 0 aliphatic carbocycles. The van der Waals surface area contributed by atoms with E-state index >= 15 is 0 Å². The van der Waals surface area contributed by atoms with Gasteiger partial charge in [-0.05, 0) is 73.5 Å². The summed E-state index contributed by atoms with van der Waals surface area (Å²) in [4.78, 5) is 12.8. The summed E-state index contributed by atoms with van der Waals surface area (Å²) >= 11 is 0. The number of anilines is 2. The molecule has 3 aromatic rings. The van der Waals surface area contributed by atoms with Crippen LogP contribution in [0.4, 0.5) is 24.5 Å². The number of benzene rings is 3. The van der Waals surface area contributed by atoms with E-state index < -0.39 is 27.7 Å². The molecule has 0 bridgehead atoms. The Morgan fingerprint density at radius 1 is 1.00 bits per heavy atom. The number of hydrogen-bond acceptors (Lipinski definition) is 3. The van der Waals surface area contributed by atoms with E-state index in [0.29, 0.717) is 17.7 Å². The Morgan fingerprint density at radius 2 is 1.66 bits per heavy atom. The molecule has 0 spiro atoms. The summed E-state index contributed by atoms with van der Waals surface area (Å²) in [6.07, 6.45) is -4.02. The molecule has 1 atom stereocenters. The van der Waals surface area contributed by atoms with Crippen LogP contribution in [0.2, 0.25) is 0 Å². The molecular formula is C23H19F3N2O3S. The number of sulfonamides is 1. The molecule has 9 heteroatoms. The number of nitrogens with one attached hydrogen (secondary N) is 1. The fraction of sp³-hybridized carbons (Fsp3) is 0.174. The van der Waals surface area contributed by atoms with Crippen molar-refractivity contribution in [1.82, 2.24) is 0 Å². The molecule has 4 rings (SSSR count). The highest BCUT2D eigenvalue weighted by Crippen LogP contribution is 2.37. The number of carbonyl (C=O) groups excluding carboxylic acids is 1. The Bertz CT molecular complexity index is 1260. The zero-order valence-corrected chi connectivity index (χ0v) is 17.7. The number of carbonyl (C=O) groups is 1. The maximum absolute atomic E-state index is 13.1.